The molecule has 6 nitrogen and oxygen atoms in total. The lowest BCUT2D eigenvalue weighted by Crippen LogP contribution is -2.40. The van der Waals surface area contributed by atoms with Crippen LogP contribution in [0.1, 0.15) is 38.8 Å². The summed E-state index contributed by atoms with van der Waals surface area (Å²) in [6.45, 7) is 1.98. The third-order valence-corrected chi connectivity index (χ3v) is 4.99. The number of amides is 2. The van der Waals surface area contributed by atoms with Crippen molar-refractivity contribution in [1.82, 2.24) is 10.6 Å². The van der Waals surface area contributed by atoms with Crippen molar-refractivity contribution in [2.24, 2.45) is 0 Å². The van der Waals surface area contributed by atoms with Crippen LogP contribution in [0.15, 0.2) is 65.3 Å². The second kappa shape index (κ2) is 8.46. The summed E-state index contributed by atoms with van der Waals surface area (Å²) < 4.78 is 5.10. The summed E-state index contributed by atoms with van der Waals surface area (Å²) in [5, 5.41) is 5.23. The zero-order valence-corrected chi connectivity index (χ0v) is 15.4. The van der Waals surface area contributed by atoms with Crippen LogP contribution in [0.4, 0.5) is 0 Å². The van der Waals surface area contributed by atoms with Crippen LogP contribution in [-0.4, -0.2) is 17.6 Å². The molecule has 0 spiro atoms. The van der Waals surface area contributed by atoms with Crippen molar-refractivity contribution in [3.8, 4) is 0 Å². The zero-order chi connectivity index (χ0) is 19.2. The summed E-state index contributed by atoms with van der Waals surface area (Å²) in [4.78, 5) is 37.5. The summed E-state index contributed by atoms with van der Waals surface area (Å²) in [7, 11) is 0. The summed E-state index contributed by atoms with van der Waals surface area (Å²) >= 11 is 1.25. The van der Waals surface area contributed by atoms with Gasteiger partial charge >= 0.3 is 11.8 Å². The van der Waals surface area contributed by atoms with Crippen molar-refractivity contribution in [3.63, 3.8) is 0 Å². The number of hydrogen-bond acceptors (Lipinski definition) is 5. The average Bonchev–Trinajstić information content (AvgIpc) is 3.38. The smallest absolute Gasteiger partial charge is 0.309 e. The minimum Gasteiger partial charge on any atom is -0.461 e. The fraction of sp³-hybridized carbons (Fsp3) is 0.150. The van der Waals surface area contributed by atoms with Gasteiger partial charge in [-0.15, -0.1) is 11.3 Å². The lowest BCUT2D eigenvalue weighted by atomic mass is 10.1. The number of benzene rings is 1. The Morgan fingerprint density at radius 2 is 1.78 bits per heavy atom. The minimum absolute atomic E-state index is 0.169. The molecule has 1 aromatic carbocycles. The van der Waals surface area contributed by atoms with Crippen LogP contribution < -0.4 is 10.6 Å². The number of ketones is 1. The Morgan fingerprint density at radius 1 is 1.00 bits per heavy atom. The molecule has 0 aliphatic heterocycles. The number of thiophene rings is 1. The van der Waals surface area contributed by atoms with E-state index in [0.717, 1.165) is 10.4 Å². The number of hydrogen-bond donors (Lipinski definition) is 2. The maximum atomic E-state index is 12.2. The first-order valence-electron chi connectivity index (χ1n) is 8.35. The third-order valence-electron chi connectivity index (χ3n) is 3.91. The zero-order valence-electron chi connectivity index (χ0n) is 14.6. The summed E-state index contributed by atoms with van der Waals surface area (Å²) in [6.07, 6.45) is 1.44. The SMILES string of the molecule is C[C@@H](NC(=O)C(=O)NCc1ccc(C(=O)c2ccco2)s1)c1ccccc1. The van der Waals surface area contributed by atoms with Gasteiger partial charge in [0.2, 0.25) is 5.78 Å². The van der Waals surface area contributed by atoms with Crippen LogP contribution >= 0.6 is 11.3 Å². The monoisotopic (exact) mass is 382 g/mol. The first-order valence-corrected chi connectivity index (χ1v) is 9.17. The lowest BCUT2D eigenvalue weighted by Gasteiger charge is -2.13. The van der Waals surface area contributed by atoms with Crippen molar-refractivity contribution in [3.05, 3.63) is 81.9 Å². The maximum Gasteiger partial charge on any atom is 0.309 e. The Kier molecular flexibility index (Phi) is 5.83. The molecule has 0 unspecified atom stereocenters. The molecule has 3 rings (SSSR count). The second-order valence-corrected chi connectivity index (χ2v) is 7.03. The van der Waals surface area contributed by atoms with E-state index in [1.54, 1.807) is 24.3 Å². The molecule has 7 heteroatoms. The largest absolute Gasteiger partial charge is 0.461 e. The van der Waals surface area contributed by atoms with Crippen molar-refractivity contribution in [2.45, 2.75) is 19.5 Å². The van der Waals surface area contributed by atoms with Gasteiger partial charge in [-0.3, -0.25) is 14.4 Å². The first kappa shape index (κ1) is 18.6. The van der Waals surface area contributed by atoms with E-state index < -0.39 is 11.8 Å². The molecule has 0 bridgehead atoms. The van der Waals surface area contributed by atoms with Crippen LogP contribution in [-0.2, 0) is 16.1 Å². The maximum absolute atomic E-state index is 12.2. The topological polar surface area (TPSA) is 88.4 Å². The Balaban J connectivity index is 1.52. The first-order chi connectivity index (χ1) is 13.0. The molecule has 3 aromatic rings. The Bertz CT molecular complexity index is 932. The van der Waals surface area contributed by atoms with Crippen LogP contribution in [0.5, 0.6) is 0 Å². The fourth-order valence-electron chi connectivity index (χ4n) is 2.46. The summed E-state index contributed by atoms with van der Waals surface area (Å²) in [5.41, 5.74) is 0.915. The van der Waals surface area contributed by atoms with Crippen molar-refractivity contribution in [2.75, 3.05) is 0 Å². The van der Waals surface area contributed by atoms with Crippen LogP contribution in [0.25, 0.3) is 0 Å². The molecule has 0 aliphatic rings. The average molecular weight is 382 g/mol. The molecule has 1 atom stereocenters. The molecule has 0 saturated carbocycles. The molecule has 2 aromatic heterocycles. The fourth-order valence-corrected chi connectivity index (χ4v) is 3.35. The molecule has 0 radical (unpaired) electrons. The van der Waals surface area contributed by atoms with Gasteiger partial charge in [0.15, 0.2) is 5.76 Å². The van der Waals surface area contributed by atoms with E-state index in [9.17, 15) is 14.4 Å². The standard InChI is InChI=1S/C20H18N2O4S/c1-13(14-6-3-2-4-7-14)22-20(25)19(24)21-12-15-9-10-17(27-15)18(23)16-8-5-11-26-16/h2-11,13H,12H2,1H3,(H,21,24)(H,22,25)/t13-/m1/s1. The van der Waals surface area contributed by atoms with Gasteiger partial charge in [0, 0.05) is 4.88 Å². The van der Waals surface area contributed by atoms with Crippen molar-refractivity contribution >= 4 is 28.9 Å². The van der Waals surface area contributed by atoms with E-state index in [4.69, 9.17) is 4.42 Å². The molecule has 0 saturated heterocycles. The summed E-state index contributed by atoms with van der Waals surface area (Å²) in [5.74, 6) is -1.36. The van der Waals surface area contributed by atoms with E-state index in [2.05, 4.69) is 10.6 Å². The molecule has 0 fully saturated rings. The van der Waals surface area contributed by atoms with E-state index in [0.29, 0.717) is 4.88 Å². The highest BCUT2D eigenvalue weighted by atomic mass is 32.1. The Hall–Kier alpha value is -3.19. The van der Waals surface area contributed by atoms with Gasteiger partial charge in [0.05, 0.1) is 23.7 Å². The van der Waals surface area contributed by atoms with Gasteiger partial charge in [-0.25, -0.2) is 0 Å². The molecular formula is C20H18N2O4S. The Labute approximate surface area is 160 Å². The number of carbonyl (C=O) groups excluding carboxylic acids is 3. The normalized spacial score (nSPS) is 11.6. The highest BCUT2D eigenvalue weighted by molar-refractivity contribution is 7.14. The summed E-state index contributed by atoms with van der Waals surface area (Å²) in [6, 6.07) is 15.8. The Morgan fingerprint density at radius 3 is 2.48 bits per heavy atom. The number of rotatable bonds is 6. The third kappa shape index (κ3) is 4.71. The predicted molar refractivity (Wildman–Crippen MR) is 101 cm³/mol. The quantitative estimate of drug-likeness (QED) is 0.507. The number of furan rings is 1. The number of nitrogens with one attached hydrogen (secondary N) is 2. The molecular weight excluding hydrogens is 364 g/mol. The molecule has 2 heterocycles. The molecule has 2 amide bonds. The predicted octanol–water partition coefficient (Wildman–Crippen LogP) is 3.07. The molecule has 2 N–H and O–H groups in total. The minimum atomic E-state index is -0.718. The van der Waals surface area contributed by atoms with Gasteiger partial charge < -0.3 is 15.1 Å². The number of carbonyl (C=O) groups is 3. The van der Waals surface area contributed by atoms with Crippen molar-refractivity contribution in [1.29, 1.82) is 0 Å². The van der Waals surface area contributed by atoms with E-state index in [1.807, 2.05) is 37.3 Å². The van der Waals surface area contributed by atoms with E-state index in [-0.39, 0.29) is 24.1 Å². The molecule has 27 heavy (non-hydrogen) atoms. The van der Waals surface area contributed by atoms with Crippen LogP contribution in [0, 0.1) is 0 Å². The van der Waals surface area contributed by atoms with Gasteiger partial charge in [-0.05, 0) is 36.8 Å². The molecule has 138 valence electrons. The van der Waals surface area contributed by atoms with Gasteiger partial charge in [-0.1, -0.05) is 30.3 Å². The second-order valence-electron chi connectivity index (χ2n) is 5.86. The molecule has 0 aliphatic carbocycles. The van der Waals surface area contributed by atoms with Gasteiger partial charge in [-0.2, -0.15) is 0 Å². The van der Waals surface area contributed by atoms with E-state index in [1.165, 1.54) is 17.6 Å². The van der Waals surface area contributed by atoms with Crippen LogP contribution in [0.3, 0.4) is 0 Å². The van der Waals surface area contributed by atoms with E-state index >= 15 is 0 Å². The van der Waals surface area contributed by atoms with Crippen molar-refractivity contribution < 1.29 is 18.8 Å². The van der Waals surface area contributed by atoms with Gasteiger partial charge in [0.25, 0.3) is 0 Å². The van der Waals surface area contributed by atoms with Crippen LogP contribution in [0.2, 0.25) is 0 Å². The highest BCUT2D eigenvalue weighted by Gasteiger charge is 2.18. The lowest BCUT2D eigenvalue weighted by molar-refractivity contribution is -0.139. The van der Waals surface area contributed by atoms with Gasteiger partial charge in [0.1, 0.15) is 0 Å². The highest BCUT2D eigenvalue weighted by Crippen LogP contribution is 2.20.